The fraction of sp³-hybridized carbons (Fsp3) is 0.407. The molecular formula is C27H34N2O6. The number of likely N-dealkylation sites (tertiary alicyclic amines) is 1. The Balaban J connectivity index is 2.18. The van der Waals surface area contributed by atoms with Crippen LogP contribution < -0.4 is 9.47 Å². The third kappa shape index (κ3) is 5.12. The zero-order chi connectivity index (χ0) is 25.7. The van der Waals surface area contributed by atoms with Crippen molar-refractivity contribution in [3.8, 4) is 17.2 Å². The Morgan fingerprint density at radius 2 is 1.80 bits per heavy atom. The van der Waals surface area contributed by atoms with Crippen molar-refractivity contribution < 1.29 is 29.3 Å². The Labute approximate surface area is 206 Å². The highest BCUT2D eigenvalue weighted by Crippen LogP contribution is 2.46. The molecule has 1 heterocycles. The van der Waals surface area contributed by atoms with E-state index in [1.54, 1.807) is 30.3 Å². The molecule has 1 aliphatic rings. The maximum Gasteiger partial charge on any atom is 0.295 e. The van der Waals surface area contributed by atoms with Gasteiger partial charge in [0.1, 0.15) is 11.5 Å². The summed E-state index contributed by atoms with van der Waals surface area (Å²) in [6, 6.07) is 9.04. The minimum Gasteiger partial charge on any atom is -0.507 e. The van der Waals surface area contributed by atoms with Crippen LogP contribution in [0.1, 0.15) is 43.0 Å². The number of aliphatic hydroxyl groups is 1. The molecule has 3 rings (SSSR count). The minimum absolute atomic E-state index is 0.0923. The Hall–Kier alpha value is -3.52. The molecule has 0 bridgehead atoms. The lowest BCUT2D eigenvalue weighted by Crippen LogP contribution is -2.33. The number of aromatic hydroxyl groups is 1. The molecular weight excluding hydrogens is 448 g/mol. The van der Waals surface area contributed by atoms with Crippen LogP contribution in [0.15, 0.2) is 42.0 Å². The number of amides is 1. The number of ether oxygens (including phenoxy) is 2. The number of Topliss-reactive ketones (excluding diaryl/α,β-unsaturated/α-hetero) is 1. The molecule has 2 N–H and O–H groups in total. The van der Waals surface area contributed by atoms with Gasteiger partial charge in [0.2, 0.25) is 0 Å². The Bertz CT molecular complexity index is 1120. The van der Waals surface area contributed by atoms with Gasteiger partial charge in [-0.3, -0.25) is 9.59 Å². The summed E-state index contributed by atoms with van der Waals surface area (Å²) >= 11 is 0. The van der Waals surface area contributed by atoms with Gasteiger partial charge in [-0.25, -0.2) is 0 Å². The van der Waals surface area contributed by atoms with Crippen LogP contribution in [-0.4, -0.2) is 72.1 Å². The van der Waals surface area contributed by atoms with Crippen molar-refractivity contribution in [3.05, 3.63) is 58.7 Å². The van der Waals surface area contributed by atoms with E-state index in [4.69, 9.17) is 9.47 Å². The maximum atomic E-state index is 13.3. The molecule has 1 atom stereocenters. The molecule has 1 fully saturated rings. The Morgan fingerprint density at radius 1 is 1.09 bits per heavy atom. The van der Waals surface area contributed by atoms with Crippen molar-refractivity contribution in [2.75, 3.05) is 40.4 Å². The number of aliphatic hydroxyl groups excluding tert-OH is 1. The van der Waals surface area contributed by atoms with Gasteiger partial charge in [-0.2, -0.15) is 0 Å². The highest BCUT2D eigenvalue weighted by Gasteiger charge is 2.47. The molecule has 0 spiro atoms. The number of aryl methyl sites for hydroxylation is 1. The summed E-state index contributed by atoms with van der Waals surface area (Å²) in [5.41, 5.74) is 1.30. The first-order valence-electron chi connectivity index (χ1n) is 11.8. The average molecular weight is 483 g/mol. The van der Waals surface area contributed by atoms with Crippen LogP contribution in [0.25, 0.3) is 5.76 Å². The van der Waals surface area contributed by atoms with Crippen LogP contribution in [0, 0.1) is 6.92 Å². The standard InChI is InChI=1S/C27H34N2O6/c1-6-28(7-2)14-9-15-29-23(18-10-8-11-21(34-4)26(18)35-5)22(25(32)27(29)33)24(31)19-16-17(3)12-13-20(19)30/h8,10-13,16,23,30-31H,6-7,9,14-15H2,1-5H3/t23-/m1/s1. The van der Waals surface area contributed by atoms with Crippen molar-refractivity contribution in [2.45, 2.75) is 33.2 Å². The summed E-state index contributed by atoms with van der Waals surface area (Å²) in [5, 5.41) is 21.7. The van der Waals surface area contributed by atoms with Crippen molar-refractivity contribution in [3.63, 3.8) is 0 Å². The first-order valence-corrected chi connectivity index (χ1v) is 11.8. The number of ketones is 1. The van der Waals surface area contributed by atoms with E-state index in [2.05, 4.69) is 18.7 Å². The third-order valence-corrected chi connectivity index (χ3v) is 6.44. The minimum atomic E-state index is -0.906. The number of nitrogens with zero attached hydrogens (tertiary/aromatic N) is 2. The normalized spacial score (nSPS) is 17.3. The van der Waals surface area contributed by atoms with Crippen molar-refractivity contribution in [1.82, 2.24) is 9.80 Å². The topological polar surface area (TPSA) is 99.5 Å². The van der Waals surface area contributed by atoms with Gasteiger partial charge in [-0.15, -0.1) is 0 Å². The Morgan fingerprint density at radius 3 is 2.43 bits per heavy atom. The van der Waals surface area contributed by atoms with Gasteiger partial charge in [0.15, 0.2) is 11.5 Å². The summed E-state index contributed by atoms with van der Waals surface area (Å²) in [5.74, 6) is -1.30. The lowest BCUT2D eigenvalue weighted by molar-refractivity contribution is -0.140. The summed E-state index contributed by atoms with van der Waals surface area (Å²) in [7, 11) is 2.99. The number of para-hydroxylation sites is 1. The van der Waals surface area contributed by atoms with Gasteiger partial charge in [0.25, 0.3) is 11.7 Å². The molecule has 0 unspecified atom stereocenters. The van der Waals surface area contributed by atoms with E-state index in [9.17, 15) is 19.8 Å². The van der Waals surface area contributed by atoms with E-state index in [0.29, 0.717) is 30.0 Å². The molecule has 0 radical (unpaired) electrons. The van der Waals surface area contributed by atoms with E-state index < -0.39 is 23.5 Å². The number of phenols is 1. The smallest absolute Gasteiger partial charge is 0.295 e. The van der Waals surface area contributed by atoms with Crippen molar-refractivity contribution >= 4 is 17.4 Å². The van der Waals surface area contributed by atoms with Gasteiger partial charge >= 0.3 is 0 Å². The summed E-state index contributed by atoms with van der Waals surface area (Å²) in [6.45, 7) is 8.80. The summed E-state index contributed by atoms with van der Waals surface area (Å²) in [6.07, 6.45) is 0.646. The number of rotatable bonds is 10. The second-order valence-corrected chi connectivity index (χ2v) is 8.48. The van der Waals surface area contributed by atoms with Crippen molar-refractivity contribution in [1.29, 1.82) is 0 Å². The highest BCUT2D eigenvalue weighted by atomic mass is 16.5. The molecule has 2 aromatic rings. The highest BCUT2D eigenvalue weighted by molar-refractivity contribution is 6.46. The number of phenolic OH excluding ortho intramolecular Hbond substituents is 1. The number of benzene rings is 2. The Kier molecular flexibility index (Phi) is 8.40. The fourth-order valence-electron chi connectivity index (χ4n) is 4.55. The van der Waals surface area contributed by atoms with Crippen LogP contribution in [0.2, 0.25) is 0 Å². The maximum absolute atomic E-state index is 13.3. The number of methoxy groups -OCH3 is 2. The first kappa shape index (κ1) is 26.1. The lowest BCUT2D eigenvalue weighted by Gasteiger charge is -2.28. The predicted molar refractivity (Wildman–Crippen MR) is 134 cm³/mol. The van der Waals surface area contributed by atoms with E-state index in [1.807, 2.05) is 6.92 Å². The largest absolute Gasteiger partial charge is 0.507 e. The predicted octanol–water partition coefficient (Wildman–Crippen LogP) is 3.87. The van der Waals surface area contributed by atoms with Gasteiger partial charge < -0.3 is 29.5 Å². The second kappa shape index (κ2) is 11.3. The molecule has 1 saturated heterocycles. The molecule has 8 heteroatoms. The molecule has 1 aliphatic heterocycles. The van der Waals surface area contributed by atoms with Crippen LogP contribution in [0.4, 0.5) is 0 Å². The SMILES string of the molecule is CCN(CC)CCCN1C(=O)C(=O)C(=C(O)c2cc(C)ccc2O)[C@H]1c1cccc(OC)c1OC. The molecule has 0 aromatic heterocycles. The average Bonchev–Trinajstić information content (AvgIpc) is 3.11. The quantitative estimate of drug-likeness (QED) is 0.301. The van der Waals surface area contributed by atoms with Crippen LogP contribution in [-0.2, 0) is 9.59 Å². The van der Waals surface area contributed by atoms with Crippen LogP contribution >= 0.6 is 0 Å². The summed E-state index contributed by atoms with van der Waals surface area (Å²) in [4.78, 5) is 30.3. The number of carbonyl (C=O) groups excluding carboxylic acids is 2. The van der Waals surface area contributed by atoms with Crippen molar-refractivity contribution in [2.24, 2.45) is 0 Å². The van der Waals surface area contributed by atoms with E-state index >= 15 is 0 Å². The number of hydrogen-bond donors (Lipinski definition) is 2. The van der Waals surface area contributed by atoms with Crippen LogP contribution in [0.3, 0.4) is 0 Å². The van der Waals surface area contributed by atoms with Gasteiger partial charge in [-0.1, -0.05) is 37.6 Å². The summed E-state index contributed by atoms with van der Waals surface area (Å²) < 4.78 is 11.1. The lowest BCUT2D eigenvalue weighted by atomic mass is 9.93. The third-order valence-electron chi connectivity index (χ3n) is 6.44. The van der Waals surface area contributed by atoms with E-state index in [-0.39, 0.29) is 16.9 Å². The molecule has 35 heavy (non-hydrogen) atoms. The van der Waals surface area contributed by atoms with Crippen LogP contribution in [0.5, 0.6) is 17.2 Å². The van der Waals surface area contributed by atoms with Gasteiger partial charge in [0.05, 0.1) is 31.4 Å². The molecule has 188 valence electrons. The fourth-order valence-corrected chi connectivity index (χ4v) is 4.55. The molecule has 8 nitrogen and oxygen atoms in total. The number of hydrogen-bond acceptors (Lipinski definition) is 7. The van der Waals surface area contributed by atoms with E-state index in [1.165, 1.54) is 25.2 Å². The number of carbonyl (C=O) groups is 2. The molecule has 0 aliphatic carbocycles. The first-order chi connectivity index (χ1) is 16.8. The van der Waals surface area contributed by atoms with E-state index in [0.717, 1.165) is 25.2 Å². The zero-order valence-corrected chi connectivity index (χ0v) is 21.0. The molecule has 0 saturated carbocycles. The zero-order valence-electron chi connectivity index (χ0n) is 21.0. The van der Waals surface area contributed by atoms with Gasteiger partial charge in [0, 0.05) is 12.1 Å². The molecule has 1 amide bonds. The molecule has 2 aromatic carbocycles. The monoisotopic (exact) mass is 482 g/mol. The van der Waals surface area contributed by atoms with Gasteiger partial charge in [-0.05, 0) is 51.2 Å². The second-order valence-electron chi connectivity index (χ2n) is 8.48.